The topological polar surface area (TPSA) is 67.4 Å². The monoisotopic (exact) mass is 430 g/mol. The highest BCUT2D eigenvalue weighted by Crippen LogP contribution is 2.21. The number of Topliss-reactive ketones (excluding diaryl/α,β-unsaturated/α-hetero) is 1. The van der Waals surface area contributed by atoms with Gasteiger partial charge in [-0.3, -0.25) is 9.59 Å². The Morgan fingerprint density at radius 3 is 1.88 bits per heavy atom. The number of hydrogen-bond acceptors (Lipinski definition) is 4. The number of rotatable bonds is 10. The number of anilines is 3. The summed E-state index contributed by atoms with van der Waals surface area (Å²) in [4.78, 5) is 24.7. The maximum absolute atomic E-state index is 12.4. The van der Waals surface area contributed by atoms with E-state index in [-0.39, 0.29) is 11.7 Å². The largest absolute Gasteiger partial charge is 0.497 e. The molecule has 0 saturated carbocycles. The van der Waals surface area contributed by atoms with Crippen molar-refractivity contribution in [3.05, 3.63) is 83.9 Å². The van der Waals surface area contributed by atoms with Gasteiger partial charge in [0.15, 0.2) is 5.78 Å². The minimum Gasteiger partial charge on any atom is -0.497 e. The van der Waals surface area contributed by atoms with Crippen molar-refractivity contribution >= 4 is 28.8 Å². The van der Waals surface area contributed by atoms with Gasteiger partial charge < -0.3 is 15.4 Å². The molecule has 0 atom stereocenters. The Bertz CT molecular complexity index is 1020. The summed E-state index contributed by atoms with van der Waals surface area (Å²) in [7, 11) is 1.59. The van der Waals surface area contributed by atoms with Gasteiger partial charge in [0.05, 0.1) is 7.11 Å². The summed E-state index contributed by atoms with van der Waals surface area (Å²) in [5, 5.41) is 6.20. The van der Waals surface area contributed by atoms with Crippen molar-refractivity contribution in [2.24, 2.45) is 5.92 Å². The lowest BCUT2D eigenvalue weighted by Gasteiger charge is -2.10. The third kappa shape index (κ3) is 6.71. The number of ether oxygens (including phenoxy) is 1. The SMILES string of the molecule is COc1ccc(C(=O)Nc2ccc(Nc3ccc(C(=O)CCCC(C)C)cc3)cc2)cc1. The summed E-state index contributed by atoms with van der Waals surface area (Å²) in [6.45, 7) is 4.35. The van der Waals surface area contributed by atoms with E-state index in [2.05, 4.69) is 24.5 Å². The highest BCUT2D eigenvalue weighted by atomic mass is 16.5. The second kappa shape index (κ2) is 11.1. The zero-order valence-corrected chi connectivity index (χ0v) is 18.9. The third-order valence-electron chi connectivity index (χ3n) is 5.18. The third-order valence-corrected chi connectivity index (χ3v) is 5.18. The molecule has 0 heterocycles. The van der Waals surface area contributed by atoms with E-state index in [0.717, 1.165) is 29.8 Å². The van der Waals surface area contributed by atoms with E-state index in [9.17, 15) is 9.59 Å². The van der Waals surface area contributed by atoms with Crippen molar-refractivity contribution in [3.63, 3.8) is 0 Å². The van der Waals surface area contributed by atoms with Crippen LogP contribution in [0.15, 0.2) is 72.8 Å². The van der Waals surface area contributed by atoms with Crippen molar-refractivity contribution in [1.82, 2.24) is 0 Å². The molecule has 0 aliphatic carbocycles. The first-order valence-electron chi connectivity index (χ1n) is 10.9. The maximum atomic E-state index is 12.4. The van der Waals surface area contributed by atoms with Gasteiger partial charge in [-0.25, -0.2) is 0 Å². The van der Waals surface area contributed by atoms with Gasteiger partial charge in [-0.15, -0.1) is 0 Å². The van der Waals surface area contributed by atoms with Gasteiger partial charge in [0.25, 0.3) is 5.91 Å². The van der Waals surface area contributed by atoms with Crippen LogP contribution in [0.5, 0.6) is 5.75 Å². The molecular formula is C27H30N2O3. The van der Waals surface area contributed by atoms with E-state index in [1.165, 1.54) is 0 Å². The molecule has 3 aromatic carbocycles. The molecular weight excluding hydrogens is 400 g/mol. The average molecular weight is 431 g/mol. The van der Waals surface area contributed by atoms with Crippen LogP contribution in [-0.2, 0) is 0 Å². The molecule has 32 heavy (non-hydrogen) atoms. The summed E-state index contributed by atoms with van der Waals surface area (Å²) in [5.74, 6) is 1.34. The summed E-state index contributed by atoms with van der Waals surface area (Å²) < 4.78 is 5.12. The van der Waals surface area contributed by atoms with Gasteiger partial charge in [0.2, 0.25) is 0 Å². The molecule has 5 heteroatoms. The fraction of sp³-hybridized carbons (Fsp3) is 0.259. The second-order valence-corrected chi connectivity index (χ2v) is 8.17. The molecule has 0 saturated heterocycles. The summed E-state index contributed by atoms with van der Waals surface area (Å²) in [6, 6.07) is 22.0. The number of amides is 1. The molecule has 5 nitrogen and oxygen atoms in total. The molecule has 0 bridgehead atoms. The standard InChI is InChI=1S/C27H30N2O3/c1-19(2)5-4-6-26(30)20-7-11-22(12-8-20)28-23-13-15-24(16-14-23)29-27(31)21-9-17-25(32-3)18-10-21/h7-19,28H,4-6H2,1-3H3,(H,29,31). The molecule has 0 aliphatic rings. The Hall–Kier alpha value is -3.60. The number of carbonyl (C=O) groups excluding carboxylic acids is 2. The molecule has 0 unspecified atom stereocenters. The highest BCUT2D eigenvalue weighted by Gasteiger charge is 2.08. The van der Waals surface area contributed by atoms with Crippen LogP contribution in [0.4, 0.5) is 17.1 Å². The second-order valence-electron chi connectivity index (χ2n) is 8.17. The number of ketones is 1. The quantitative estimate of drug-likeness (QED) is 0.351. The first kappa shape index (κ1) is 23.1. The van der Waals surface area contributed by atoms with Crippen LogP contribution in [-0.4, -0.2) is 18.8 Å². The zero-order valence-electron chi connectivity index (χ0n) is 18.9. The Morgan fingerprint density at radius 2 is 1.31 bits per heavy atom. The molecule has 0 radical (unpaired) electrons. The number of hydrogen-bond donors (Lipinski definition) is 2. The minimum atomic E-state index is -0.179. The molecule has 0 spiro atoms. The number of nitrogens with one attached hydrogen (secondary N) is 2. The van der Waals surface area contributed by atoms with E-state index in [0.29, 0.717) is 29.3 Å². The van der Waals surface area contributed by atoms with Crippen LogP contribution < -0.4 is 15.4 Å². The molecule has 2 N–H and O–H groups in total. The molecule has 0 aliphatic heterocycles. The van der Waals surface area contributed by atoms with Crippen LogP contribution in [0.1, 0.15) is 53.8 Å². The summed E-state index contributed by atoms with van der Waals surface area (Å²) in [5.41, 5.74) is 3.81. The molecule has 166 valence electrons. The maximum Gasteiger partial charge on any atom is 0.255 e. The van der Waals surface area contributed by atoms with Gasteiger partial charge in [-0.2, -0.15) is 0 Å². The molecule has 3 aromatic rings. The van der Waals surface area contributed by atoms with Gasteiger partial charge in [0, 0.05) is 34.6 Å². The van der Waals surface area contributed by atoms with Crippen LogP contribution in [0.3, 0.4) is 0 Å². The first-order chi connectivity index (χ1) is 15.4. The fourth-order valence-corrected chi connectivity index (χ4v) is 3.30. The Kier molecular flexibility index (Phi) is 8.03. The molecule has 0 fully saturated rings. The van der Waals surface area contributed by atoms with E-state index in [1.54, 1.807) is 31.4 Å². The zero-order chi connectivity index (χ0) is 22.9. The van der Waals surface area contributed by atoms with Crippen molar-refractivity contribution in [2.45, 2.75) is 33.1 Å². The number of methoxy groups -OCH3 is 1. The van der Waals surface area contributed by atoms with Crippen molar-refractivity contribution < 1.29 is 14.3 Å². The summed E-state index contributed by atoms with van der Waals surface area (Å²) >= 11 is 0. The van der Waals surface area contributed by atoms with Crippen molar-refractivity contribution in [3.8, 4) is 5.75 Å². The normalized spacial score (nSPS) is 10.6. The van der Waals surface area contributed by atoms with E-state index < -0.39 is 0 Å². The van der Waals surface area contributed by atoms with Gasteiger partial charge in [-0.1, -0.05) is 20.3 Å². The average Bonchev–Trinajstić information content (AvgIpc) is 2.80. The molecule has 1 amide bonds. The van der Waals surface area contributed by atoms with Crippen molar-refractivity contribution in [1.29, 1.82) is 0 Å². The lowest BCUT2D eigenvalue weighted by atomic mass is 10.0. The van der Waals surface area contributed by atoms with Crippen molar-refractivity contribution in [2.75, 3.05) is 17.7 Å². The van der Waals surface area contributed by atoms with Gasteiger partial charge in [0.1, 0.15) is 5.75 Å². The van der Waals surface area contributed by atoms with E-state index in [1.807, 2.05) is 48.5 Å². The van der Waals surface area contributed by atoms with Gasteiger partial charge >= 0.3 is 0 Å². The Labute approximate surface area is 189 Å². The van der Waals surface area contributed by atoms with Crippen LogP contribution in [0, 0.1) is 5.92 Å². The van der Waals surface area contributed by atoms with Crippen LogP contribution >= 0.6 is 0 Å². The van der Waals surface area contributed by atoms with Crippen LogP contribution in [0.25, 0.3) is 0 Å². The van der Waals surface area contributed by atoms with E-state index in [4.69, 9.17) is 4.74 Å². The fourth-order valence-electron chi connectivity index (χ4n) is 3.30. The Morgan fingerprint density at radius 1 is 0.781 bits per heavy atom. The lowest BCUT2D eigenvalue weighted by Crippen LogP contribution is -2.11. The van der Waals surface area contributed by atoms with E-state index >= 15 is 0 Å². The number of carbonyl (C=O) groups is 2. The first-order valence-corrected chi connectivity index (χ1v) is 10.9. The minimum absolute atomic E-state index is 0.179. The smallest absolute Gasteiger partial charge is 0.255 e. The van der Waals surface area contributed by atoms with Gasteiger partial charge in [-0.05, 0) is 85.1 Å². The lowest BCUT2D eigenvalue weighted by molar-refractivity contribution is 0.0977. The summed E-state index contributed by atoms with van der Waals surface area (Å²) in [6.07, 6.45) is 2.59. The molecule has 3 rings (SSSR count). The predicted molar refractivity (Wildman–Crippen MR) is 130 cm³/mol. The number of benzene rings is 3. The van der Waals surface area contributed by atoms with Crippen LogP contribution in [0.2, 0.25) is 0 Å². The Balaban J connectivity index is 1.53. The highest BCUT2D eigenvalue weighted by molar-refractivity contribution is 6.04. The molecule has 0 aromatic heterocycles. The predicted octanol–water partition coefficient (Wildman–Crippen LogP) is 6.70.